The first kappa shape index (κ1) is 22.6. The summed E-state index contributed by atoms with van der Waals surface area (Å²) in [5, 5.41) is 9.11. The van der Waals surface area contributed by atoms with Crippen LogP contribution in [0.2, 0.25) is 0 Å². The van der Waals surface area contributed by atoms with Gasteiger partial charge >= 0.3 is 0 Å². The van der Waals surface area contributed by atoms with Gasteiger partial charge < -0.3 is 20.3 Å². The number of nitrogens with zero attached hydrogens (tertiary/aromatic N) is 2. The minimum atomic E-state index is 0.257. The Kier molecular flexibility index (Phi) is 7.80. The first-order chi connectivity index (χ1) is 16.2. The van der Waals surface area contributed by atoms with Crippen LogP contribution >= 0.6 is 0 Å². The monoisotopic (exact) mass is 444 g/mol. The van der Waals surface area contributed by atoms with Gasteiger partial charge in [0.25, 0.3) is 0 Å². The molecule has 6 nitrogen and oxygen atoms in total. The molecule has 1 heterocycles. The summed E-state index contributed by atoms with van der Waals surface area (Å²) in [6.45, 7) is 3.64. The molecule has 1 fully saturated rings. The zero-order chi connectivity index (χ0) is 22.9. The van der Waals surface area contributed by atoms with Gasteiger partial charge in [-0.05, 0) is 46.9 Å². The summed E-state index contributed by atoms with van der Waals surface area (Å²) >= 11 is 0. The molecule has 3 aromatic carbocycles. The highest BCUT2D eigenvalue weighted by Crippen LogP contribution is 2.20. The third-order valence-electron chi connectivity index (χ3n) is 5.82. The van der Waals surface area contributed by atoms with E-state index < -0.39 is 0 Å². The van der Waals surface area contributed by atoms with E-state index in [9.17, 15) is 4.79 Å². The lowest BCUT2D eigenvalue weighted by Gasteiger charge is -2.16. The minimum Gasteiger partial charge on any atom is -0.494 e. The highest BCUT2D eigenvalue weighted by molar-refractivity contribution is 5.83. The molecule has 1 aliphatic rings. The normalized spacial score (nSPS) is 14.0. The van der Waals surface area contributed by atoms with E-state index in [4.69, 9.17) is 4.74 Å². The smallest absolute Gasteiger partial charge is 0.222 e. The van der Waals surface area contributed by atoms with E-state index in [1.807, 2.05) is 29.2 Å². The van der Waals surface area contributed by atoms with Crippen LogP contribution in [0.1, 0.15) is 30.4 Å². The molecule has 1 saturated heterocycles. The maximum absolute atomic E-state index is 11.9. The van der Waals surface area contributed by atoms with E-state index in [1.165, 1.54) is 21.9 Å². The summed E-state index contributed by atoms with van der Waals surface area (Å²) in [7, 11) is 1.77. The number of carbonyl (C=O) groups is 1. The summed E-state index contributed by atoms with van der Waals surface area (Å²) in [5.41, 5.74) is 2.33. The number of ether oxygens (including phenoxy) is 1. The zero-order valence-electron chi connectivity index (χ0n) is 19.2. The van der Waals surface area contributed by atoms with Crippen molar-refractivity contribution in [1.29, 1.82) is 0 Å². The number of aliphatic imine (C=N–C) groups is 1. The maximum atomic E-state index is 11.9. The third-order valence-corrected chi connectivity index (χ3v) is 5.82. The van der Waals surface area contributed by atoms with Crippen LogP contribution in [0.4, 0.5) is 0 Å². The van der Waals surface area contributed by atoms with Crippen LogP contribution < -0.4 is 15.4 Å². The van der Waals surface area contributed by atoms with Gasteiger partial charge in [0.1, 0.15) is 5.75 Å². The first-order valence-corrected chi connectivity index (χ1v) is 11.6. The predicted octanol–water partition coefficient (Wildman–Crippen LogP) is 4.10. The lowest BCUT2D eigenvalue weighted by atomic mass is 10.1. The van der Waals surface area contributed by atoms with Crippen LogP contribution in [0.5, 0.6) is 5.75 Å². The number of nitrogens with one attached hydrogen (secondary N) is 2. The number of carbonyl (C=O) groups excluding carboxylic acids is 1. The Bertz CT molecular complexity index is 1110. The van der Waals surface area contributed by atoms with Gasteiger partial charge in [-0.3, -0.25) is 9.79 Å². The van der Waals surface area contributed by atoms with E-state index in [-0.39, 0.29) is 5.91 Å². The van der Waals surface area contributed by atoms with Crippen molar-refractivity contribution < 1.29 is 9.53 Å². The summed E-state index contributed by atoms with van der Waals surface area (Å²) in [4.78, 5) is 18.1. The Balaban J connectivity index is 1.17. The Morgan fingerprint density at radius 2 is 1.85 bits per heavy atom. The molecule has 1 amide bonds. The molecule has 172 valence electrons. The summed E-state index contributed by atoms with van der Waals surface area (Å²) in [6.07, 6.45) is 2.51. The van der Waals surface area contributed by atoms with Gasteiger partial charge in [0.15, 0.2) is 5.96 Å². The van der Waals surface area contributed by atoms with Crippen molar-refractivity contribution in [2.75, 3.05) is 26.7 Å². The zero-order valence-corrected chi connectivity index (χ0v) is 19.2. The average Bonchev–Trinajstić information content (AvgIpc) is 3.25. The highest BCUT2D eigenvalue weighted by atomic mass is 16.5. The number of hydrogen-bond acceptors (Lipinski definition) is 3. The molecular weight excluding hydrogens is 412 g/mol. The standard InChI is InChI=1S/C27H32N4O2/c1-28-27(29-14-6-16-33-25-13-12-23-9-2-3-10-24(23)18-25)30-19-21-7-4-8-22(17-21)20-31-15-5-11-26(31)32/h2-4,7-10,12-13,17-18H,5-6,11,14-16,19-20H2,1H3,(H2,28,29,30). The Morgan fingerprint density at radius 1 is 1.00 bits per heavy atom. The molecule has 0 aliphatic carbocycles. The average molecular weight is 445 g/mol. The van der Waals surface area contributed by atoms with Crippen LogP contribution in [0.15, 0.2) is 71.7 Å². The molecule has 0 aromatic heterocycles. The van der Waals surface area contributed by atoms with E-state index >= 15 is 0 Å². The number of fused-ring (bicyclic) bond motifs is 1. The van der Waals surface area contributed by atoms with Gasteiger partial charge in [0, 0.05) is 39.6 Å². The number of amides is 1. The largest absolute Gasteiger partial charge is 0.494 e. The topological polar surface area (TPSA) is 66.0 Å². The van der Waals surface area contributed by atoms with Crippen LogP contribution in [0.3, 0.4) is 0 Å². The van der Waals surface area contributed by atoms with Gasteiger partial charge in [-0.15, -0.1) is 0 Å². The third kappa shape index (κ3) is 6.48. The molecule has 0 atom stereocenters. The minimum absolute atomic E-state index is 0.257. The van der Waals surface area contributed by atoms with E-state index in [0.29, 0.717) is 26.1 Å². The van der Waals surface area contributed by atoms with Gasteiger partial charge in [-0.2, -0.15) is 0 Å². The van der Waals surface area contributed by atoms with Gasteiger partial charge in [-0.1, -0.05) is 54.6 Å². The lowest BCUT2D eigenvalue weighted by molar-refractivity contribution is -0.128. The number of likely N-dealkylation sites (tertiary alicyclic amines) is 1. The second-order valence-corrected chi connectivity index (χ2v) is 8.30. The van der Waals surface area contributed by atoms with Crippen molar-refractivity contribution in [3.05, 3.63) is 77.9 Å². The molecule has 1 aliphatic heterocycles. The maximum Gasteiger partial charge on any atom is 0.222 e. The molecular formula is C27H32N4O2. The Labute approximate surface area is 195 Å². The van der Waals surface area contributed by atoms with Crippen LogP contribution in [0, 0.1) is 0 Å². The van der Waals surface area contributed by atoms with Gasteiger partial charge in [-0.25, -0.2) is 0 Å². The van der Waals surface area contributed by atoms with Crippen molar-refractivity contribution >= 4 is 22.6 Å². The van der Waals surface area contributed by atoms with E-state index in [1.54, 1.807) is 7.05 Å². The molecule has 3 aromatic rings. The molecule has 0 saturated carbocycles. The number of benzene rings is 3. The highest BCUT2D eigenvalue weighted by Gasteiger charge is 2.19. The molecule has 4 rings (SSSR count). The first-order valence-electron chi connectivity index (χ1n) is 11.6. The van der Waals surface area contributed by atoms with Crippen molar-refractivity contribution in [2.24, 2.45) is 4.99 Å². The van der Waals surface area contributed by atoms with E-state index in [0.717, 1.165) is 37.6 Å². The fraction of sp³-hybridized carbons (Fsp3) is 0.333. The molecule has 0 spiro atoms. The van der Waals surface area contributed by atoms with Crippen LogP contribution in [-0.2, 0) is 17.9 Å². The molecule has 33 heavy (non-hydrogen) atoms. The lowest BCUT2D eigenvalue weighted by Crippen LogP contribution is -2.37. The number of hydrogen-bond donors (Lipinski definition) is 2. The molecule has 6 heteroatoms. The van der Waals surface area contributed by atoms with Crippen molar-refractivity contribution in [1.82, 2.24) is 15.5 Å². The number of rotatable bonds is 9. The van der Waals surface area contributed by atoms with Crippen molar-refractivity contribution in [3.8, 4) is 5.75 Å². The fourth-order valence-corrected chi connectivity index (χ4v) is 4.06. The fourth-order valence-electron chi connectivity index (χ4n) is 4.06. The van der Waals surface area contributed by atoms with Crippen molar-refractivity contribution in [2.45, 2.75) is 32.4 Å². The molecule has 0 bridgehead atoms. The second kappa shape index (κ2) is 11.4. The molecule has 2 N–H and O–H groups in total. The molecule has 0 unspecified atom stereocenters. The van der Waals surface area contributed by atoms with E-state index in [2.05, 4.69) is 58.1 Å². The second-order valence-electron chi connectivity index (χ2n) is 8.30. The Morgan fingerprint density at radius 3 is 2.67 bits per heavy atom. The van der Waals surface area contributed by atoms with Crippen molar-refractivity contribution in [3.63, 3.8) is 0 Å². The number of guanidine groups is 1. The SMILES string of the molecule is CN=C(NCCCOc1ccc2ccccc2c1)NCc1cccc(CN2CCCC2=O)c1. The quantitative estimate of drug-likeness (QED) is 0.296. The summed E-state index contributed by atoms with van der Waals surface area (Å²) < 4.78 is 5.91. The predicted molar refractivity (Wildman–Crippen MR) is 133 cm³/mol. The summed E-state index contributed by atoms with van der Waals surface area (Å²) in [6, 6.07) is 22.9. The van der Waals surface area contributed by atoms with Crippen LogP contribution in [-0.4, -0.2) is 43.5 Å². The molecule has 0 radical (unpaired) electrons. The summed E-state index contributed by atoms with van der Waals surface area (Å²) in [5.74, 6) is 1.92. The van der Waals surface area contributed by atoms with Gasteiger partial charge in [0.2, 0.25) is 5.91 Å². The van der Waals surface area contributed by atoms with Gasteiger partial charge in [0.05, 0.1) is 6.61 Å². The Hall–Kier alpha value is -3.54. The van der Waals surface area contributed by atoms with Crippen LogP contribution in [0.25, 0.3) is 10.8 Å².